The van der Waals surface area contributed by atoms with Gasteiger partial charge in [-0.05, 0) is 19.2 Å². The zero-order chi connectivity index (χ0) is 17.1. The third kappa shape index (κ3) is 3.85. The van der Waals surface area contributed by atoms with E-state index in [-0.39, 0.29) is 23.9 Å². The van der Waals surface area contributed by atoms with Gasteiger partial charge in [-0.3, -0.25) is 10.2 Å². The summed E-state index contributed by atoms with van der Waals surface area (Å²) in [7, 11) is 2.08. The van der Waals surface area contributed by atoms with Crippen molar-refractivity contribution in [1.82, 2.24) is 15.1 Å². The Kier molecular flexibility index (Phi) is 5.01. The van der Waals surface area contributed by atoms with Gasteiger partial charge in [-0.1, -0.05) is 12.1 Å². The second kappa shape index (κ2) is 7.19. The fourth-order valence-electron chi connectivity index (χ4n) is 3.16. The SMILES string of the molecule is CN1CCN(C(=O)C2CC(Oc3cccc(C(=N)N)c3)CN2)CC1. The molecule has 2 fully saturated rings. The first kappa shape index (κ1) is 16.7. The van der Waals surface area contributed by atoms with Gasteiger partial charge in [0.05, 0.1) is 6.04 Å². The molecule has 2 saturated heterocycles. The zero-order valence-corrected chi connectivity index (χ0v) is 14.0. The first-order valence-electron chi connectivity index (χ1n) is 8.35. The molecule has 0 aliphatic carbocycles. The van der Waals surface area contributed by atoms with Crippen molar-refractivity contribution in [3.05, 3.63) is 29.8 Å². The van der Waals surface area contributed by atoms with Crippen molar-refractivity contribution >= 4 is 11.7 Å². The lowest BCUT2D eigenvalue weighted by molar-refractivity contribution is -0.134. The van der Waals surface area contributed by atoms with Gasteiger partial charge in [-0.25, -0.2) is 0 Å². The van der Waals surface area contributed by atoms with Crippen molar-refractivity contribution in [2.24, 2.45) is 5.73 Å². The Balaban J connectivity index is 1.54. The van der Waals surface area contributed by atoms with Crippen LogP contribution in [0.5, 0.6) is 5.75 Å². The van der Waals surface area contributed by atoms with Crippen LogP contribution < -0.4 is 15.8 Å². The number of nitrogens with zero attached hydrogens (tertiary/aromatic N) is 2. The first-order chi connectivity index (χ1) is 11.5. The molecule has 130 valence electrons. The summed E-state index contributed by atoms with van der Waals surface area (Å²) in [6, 6.07) is 7.04. The summed E-state index contributed by atoms with van der Waals surface area (Å²) in [5.41, 5.74) is 6.15. The number of hydrogen-bond donors (Lipinski definition) is 3. The van der Waals surface area contributed by atoms with Gasteiger partial charge in [0.1, 0.15) is 17.7 Å². The van der Waals surface area contributed by atoms with E-state index in [0.29, 0.717) is 24.3 Å². The molecule has 1 aromatic carbocycles. The van der Waals surface area contributed by atoms with Gasteiger partial charge < -0.3 is 25.6 Å². The highest BCUT2D eigenvalue weighted by molar-refractivity contribution is 5.95. The summed E-state index contributed by atoms with van der Waals surface area (Å²) >= 11 is 0. The van der Waals surface area contributed by atoms with Gasteiger partial charge in [0.15, 0.2) is 0 Å². The number of carbonyl (C=O) groups excluding carboxylic acids is 1. The molecule has 0 radical (unpaired) electrons. The molecule has 4 N–H and O–H groups in total. The molecule has 1 amide bonds. The number of nitrogen functional groups attached to an aromatic ring is 1. The second-order valence-corrected chi connectivity index (χ2v) is 6.51. The van der Waals surface area contributed by atoms with Crippen LogP contribution in [0.15, 0.2) is 24.3 Å². The van der Waals surface area contributed by atoms with E-state index in [9.17, 15) is 4.79 Å². The number of amidine groups is 1. The Hall–Kier alpha value is -2.12. The highest BCUT2D eigenvalue weighted by Crippen LogP contribution is 2.20. The van der Waals surface area contributed by atoms with E-state index in [1.807, 2.05) is 17.0 Å². The van der Waals surface area contributed by atoms with E-state index in [1.165, 1.54) is 0 Å². The van der Waals surface area contributed by atoms with Crippen LogP contribution in [0.25, 0.3) is 0 Å². The van der Waals surface area contributed by atoms with E-state index in [4.69, 9.17) is 15.9 Å². The minimum absolute atomic E-state index is 0.0214. The molecule has 0 aromatic heterocycles. The minimum Gasteiger partial charge on any atom is -0.489 e. The smallest absolute Gasteiger partial charge is 0.239 e. The molecule has 1 aromatic rings. The third-order valence-corrected chi connectivity index (χ3v) is 4.65. The average molecular weight is 331 g/mol. The molecule has 0 spiro atoms. The molecule has 2 atom stereocenters. The fourth-order valence-corrected chi connectivity index (χ4v) is 3.16. The molecule has 2 heterocycles. The summed E-state index contributed by atoms with van der Waals surface area (Å²) in [5, 5.41) is 10.8. The molecule has 7 nitrogen and oxygen atoms in total. The van der Waals surface area contributed by atoms with Crippen LogP contribution in [0.3, 0.4) is 0 Å². The maximum absolute atomic E-state index is 12.6. The normalized spacial score (nSPS) is 24.8. The van der Waals surface area contributed by atoms with Crippen molar-refractivity contribution < 1.29 is 9.53 Å². The molecule has 3 rings (SSSR count). The molecular formula is C17H25N5O2. The maximum Gasteiger partial charge on any atom is 0.239 e. The quantitative estimate of drug-likeness (QED) is 0.527. The number of piperazine rings is 1. The lowest BCUT2D eigenvalue weighted by Crippen LogP contribution is -2.52. The van der Waals surface area contributed by atoms with E-state index >= 15 is 0 Å². The third-order valence-electron chi connectivity index (χ3n) is 4.65. The van der Waals surface area contributed by atoms with Gasteiger partial charge in [0.25, 0.3) is 0 Å². The molecule has 0 bridgehead atoms. The van der Waals surface area contributed by atoms with Crippen LogP contribution in [0.2, 0.25) is 0 Å². The second-order valence-electron chi connectivity index (χ2n) is 6.51. The highest BCUT2D eigenvalue weighted by Gasteiger charge is 2.34. The van der Waals surface area contributed by atoms with Gasteiger partial charge in [-0.15, -0.1) is 0 Å². The maximum atomic E-state index is 12.6. The average Bonchev–Trinajstić information content (AvgIpc) is 3.03. The number of amides is 1. The lowest BCUT2D eigenvalue weighted by atomic mass is 10.1. The van der Waals surface area contributed by atoms with Crippen LogP contribution in [-0.2, 0) is 4.79 Å². The molecule has 2 aliphatic heterocycles. The molecular weight excluding hydrogens is 306 g/mol. The Labute approximate surface area is 142 Å². The van der Waals surface area contributed by atoms with Crippen LogP contribution in [-0.4, -0.2) is 73.5 Å². The largest absolute Gasteiger partial charge is 0.489 e. The summed E-state index contributed by atoms with van der Waals surface area (Å²) in [5.74, 6) is 0.877. The van der Waals surface area contributed by atoms with Crippen LogP contribution >= 0.6 is 0 Å². The van der Waals surface area contributed by atoms with E-state index in [1.54, 1.807) is 12.1 Å². The van der Waals surface area contributed by atoms with Gasteiger partial charge in [0, 0.05) is 44.7 Å². The number of nitrogens with one attached hydrogen (secondary N) is 2. The number of nitrogens with two attached hydrogens (primary N) is 1. The van der Waals surface area contributed by atoms with Gasteiger partial charge >= 0.3 is 0 Å². The van der Waals surface area contributed by atoms with Gasteiger partial charge in [-0.2, -0.15) is 0 Å². The van der Waals surface area contributed by atoms with Crippen LogP contribution in [0, 0.1) is 5.41 Å². The number of rotatable bonds is 4. The van der Waals surface area contributed by atoms with Crippen molar-refractivity contribution in [1.29, 1.82) is 5.41 Å². The first-order valence-corrected chi connectivity index (χ1v) is 8.35. The molecule has 24 heavy (non-hydrogen) atoms. The summed E-state index contributed by atoms with van der Waals surface area (Å²) < 4.78 is 5.96. The number of benzene rings is 1. The topological polar surface area (TPSA) is 94.7 Å². The minimum atomic E-state index is -0.172. The standard InChI is InChI=1S/C17H25N5O2/c1-21-5-7-22(8-6-21)17(23)15-10-14(11-20-15)24-13-4-2-3-12(9-13)16(18)19/h2-4,9,14-15,20H,5-8,10-11H2,1H3,(H3,18,19). The number of ether oxygens (including phenoxy) is 1. The van der Waals surface area contributed by atoms with E-state index in [2.05, 4.69) is 17.3 Å². The molecule has 0 saturated carbocycles. The number of likely N-dealkylation sites (N-methyl/N-ethyl adjacent to an activating group) is 1. The van der Waals surface area contributed by atoms with Crippen molar-refractivity contribution in [3.8, 4) is 5.75 Å². The van der Waals surface area contributed by atoms with Gasteiger partial charge in [0.2, 0.25) is 5.91 Å². The Morgan fingerprint density at radius 2 is 2.08 bits per heavy atom. The van der Waals surface area contributed by atoms with Crippen molar-refractivity contribution in [2.75, 3.05) is 39.8 Å². The predicted molar refractivity (Wildman–Crippen MR) is 92.4 cm³/mol. The Morgan fingerprint density at radius 1 is 1.33 bits per heavy atom. The van der Waals surface area contributed by atoms with E-state index < -0.39 is 0 Å². The number of hydrogen-bond acceptors (Lipinski definition) is 5. The predicted octanol–water partition coefficient (Wildman–Crippen LogP) is -0.146. The van der Waals surface area contributed by atoms with Crippen LogP contribution in [0.4, 0.5) is 0 Å². The van der Waals surface area contributed by atoms with Crippen LogP contribution in [0.1, 0.15) is 12.0 Å². The number of carbonyl (C=O) groups is 1. The Bertz CT molecular complexity index is 613. The summed E-state index contributed by atoms with van der Waals surface area (Å²) in [4.78, 5) is 16.8. The Morgan fingerprint density at radius 3 is 2.79 bits per heavy atom. The summed E-state index contributed by atoms with van der Waals surface area (Å²) in [6.07, 6.45) is 0.615. The van der Waals surface area contributed by atoms with E-state index in [0.717, 1.165) is 26.2 Å². The molecule has 2 aliphatic rings. The lowest BCUT2D eigenvalue weighted by Gasteiger charge is -2.33. The summed E-state index contributed by atoms with van der Waals surface area (Å²) in [6.45, 7) is 4.08. The zero-order valence-electron chi connectivity index (χ0n) is 14.0. The molecule has 2 unspecified atom stereocenters. The highest BCUT2D eigenvalue weighted by atomic mass is 16.5. The monoisotopic (exact) mass is 331 g/mol. The fraction of sp³-hybridized carbons (Fsp3) is 0.529. The van der Waals surface area contributed by atoms with Crippen molar-refractivity contribution in [3.63, 3.8) is 0 Å². The molecule has 7 heteroatoms. The van der Waals surface area contributed by atoms with Crippen molar-refractivity contribution in [2.45, 2.75) is 18.6 Å².